The van der Waals surface area contributed by atoms with Crippen LogP contribution in [-0.4, -0.2) is 49.0 Å². The molecule has 2 aromatic rings. The lowest BCUT2D eigenvalue weighted by atomic mass is 10.0. The fourth-order valence-corrected chi connectivity index (χ4v) is 4.51. The van der Waals surface area contributed by atoms with Gasteiger partial charge in [0.2, 0.25) is 5.89 Å². The summed E-state index contributed by atoms with van der Waals surface area (Å²) in [5, 5.41) is 12.7. The Labute approximate surface area is 170 Å². The number of fused-ring (bicyclic) bond motifs is 1. The molecule has 3 N–H and O–H groups in total. The van der Waals surface area contributed by atoms with E-state index in [4.69, 9.17) is 4.52 Å². The maximum atomic E-state index is 13.1. The van der Waals surface area contributed by atoms with Crippen molar-refractivity contribution in [3.05, 3.63) is 41.0 Å². The van der Waals surface area contributed by atoms with E-state index < -0.39 is 20.5 Å². The number of carbonyl (C=O) groups is 1. The highest BCUT2D eigenvalue weighted by molar-refractivity contribution is 7.92. The fourth-order valence-electron chi connectivity index (χ4n) is 3.11. The summed E-state index contributed by atoms with van der Waals surface area (Å²) in [5.41, 5.74) is 2.15. The summed E-state index contributed by atoms with van der Waals surface area (Å²) in [4.78, 5) is 16.2. The Morgan fingerprint density at radius 1 is 1.24 bits per heavy atom. The van der Waals surface area contributed by atoms with Crippen LogP contribution in [0.5, 0.6) is 0 Å². The second-order valence-electron chi connectivity index (χ2n) is 7.80. The maximum absolute atomic E-state index is 13.1. The quantitative estimate of drug-likeness (QED) is 0.664. The van der Waals surface area contributed by atoms with Crippen molar-refractivity contribution in [2.75, 3.05) is 25.1 Å². The predicted octanol–water partition coefficient (Wildman–Crippen LogP) is 1.41. The summed E-state index contributed by atoms with van der Waals surface area (Å²) < 4.78 is 30.1. The topological polar surface area (TPSA) is 126 Å². The number of nitrogens with zero attached hydrogens (tertiary/aromatic N) is 2. The summed E-state index contributed by atoms with van der Waals surface area (Å²) in [6.45, 7) is 6.81. The Kier molecular flexibility index (Phi) is 6.35. The van der Waals surface area contributed by atoms with E-state index in [-0.39, 0.29) is 11.6 Å². The molecule has 0 saturated heterocycles. The van der Waals surface area contributed by atoms with Crippen molar-refractivity contribution in [2.24, 2.45) is 0 Å². The van der Waals surface area contributed by atoms with Crippen LogP contribution in [0, 0.1) is 6.92 Å². The van der Waals surface area contributed by atoms with Gasteiger partial charge in [-0.2, -0.15) is 4.98 Å². The smallest absolute Gasteiger partial charge is 0.297 e. The maximum Gasteiger partial charge on any atom is 0.297 e. The van der Waals surface area contributed by atoms with Crippen LogP contribution in [0.25, 0.3) is 0 Å². The number of rotatable bonds is 2. The Balaban J connectivity index is 1.89. The summed E-state index contributed by atoms with van der Waals surface area (Å²) in [5.74, 6) is -0.369. The molecule has 1 aromatic heterocycles. The molecule has 1 amide bonds. The van der Waals surface area contributed by atoms with E-state index >= 15 is 0 Å². The second-order valence-corrected chi connectivity index (χ2v) is 10.4. The normalized spacial score (nSPS) is 19.4. The standard InChI is InChI=1S/C19H27N5O4S/c1-13-22-17(24-28-13)18(25)23-16-7-6-14-5-4-8-20-12-21-11-19(2,3)29(26,27)10-15(14)9-16/h6-7,9,20-21H,4-5,8,10-12H2,1-3H3,(H,23,25). The third kappa shape index (κ3) is 5.20. The van der Waals surface area contributed by atoms with E-state index in [1.807, 2.05) is 6.07 Å². The van der Waals surface area contributed by atoms with Crippen LogP contribution in [0.15, 0.2) is 22.7 Å². The van der Waals surface area contributed by atoms with Crippen LogP contribution < -0.4 is 16.0 Å². The second kappa shape index (κ2) is 8.60. The molecular formula is C19H27N5O4S. The molecule has 0 unspecified atom stereocenters. The average Bonchev–Trinajstić information content (AvgIpc) is 3.07. The number of aromatic nitrogens is 2. The molecule has 0 radical (unpaired) electrons. The van der Waals surface area contributed by atoms with E-state index in [9.17, 15) is 13.2 Å². The molecule has 0 aliphatic carbocycles. The van der Waals surface area contributed by atoms with Crippen LogP contribution in [-0.2, 0) is 22.0 Å². The van der Waals surface area contributed by atoms with Gasteiger partial charge in [-0.1, -0.05) is 11.2 Å². The van der Waals surface area contributed by atoms with Crippen molar-refractivity contribution < 1.29 is 17.7 Å². The average molecular weight is 422 g/mol. The number of amides is 1. The Morgan fingerprint density at radius 2 is 2.03 bits per heavy atom. The molecule has 29 heavy (non-hydrogen) atoms. The first-order valence-corrected chi connectivity index (χ1v) is 11.2. The van der Waals surface area contributed by atoms with Gasteiger partial charge in [0.1, 0.15) is 0 Å². The van der Waals surface area contributed by atoms with Gasteiger partial charge in [0.05, 0.1) is 10.5 Å². The number of anilines is 1. The van der Waals surface area contributed by atoms with Crippen LogP contribution >= 0.6 is 0 Å². The Hall–Kier alpha value is -2.30. The molecule has 158 valence electrons. The van der Waals surface area contributed by atoms with Gasteiger partial charge in [0, 0.05) is 25.8 Å². The number of sulfone groups is 1. The Morgan fingerprint density at radius 3 is 2.76 bits per heavy atom. The fraction of sp³-hybridized carbons (Fsp3) is 0.526. The van der Waals surface area contributed by atoms with Gasteiger partial charge < -0.3 is 20.5 Å². The molecule has 1 aliphatic rings. The summed E-state index contributed by atoms with van der Waals surface area (Å²) in [6.07, 6.45) is 1.63. The van der Waals surface area contributed by atoms with Gasteiger partial charge >= 0.3 is 0 Å². The molecular weight excluding hydrogens is 394 g/mol. The van der Waals surface area contributed by atoms with Crippen molar-refractivity contribution in [3.8, 4) is 0 Å². The van der Waals surface area contributed by atoms with E-state index in [2.05, 4.69) is 26.1 Å². The van der Waals surface area contributed by atoms with Gasteiger partial charge in [-0.05, 0) is 56.5 Å². The number of aryl methyl sites for hydroxylation is 2. The van der Waals surface area contributed by atoms with Gasteiger partial charge in [0.15, 0.2) is 9.84 Å². The monoisotopic (exact) mass is 421 g/mol. The minimum absolute atomic E-state index is 0.0684. The minimum Gasteiger partial charge on any atom is -0.339 e. The molecule has 0 spiro atoms. The highest BCUT2D eigenvalue weighted by atomic mass is 32.2. The lowest BCUT2D eigenvalue weighted by Gasteiger charge is -2.27. The third-order valence-electron chi connectivity index (χ3n) is 4.98. The zero-order chi connectivity index (χ0) is 21.1. The zero-order valence-electron chi connectivity index (χ0n) is 16.9. The predicted molar refractivity (Wildman–Crippen MR) is 109 cm³/mol. The Bertz CT molecular complexity index is 984. The first-order chi connectivity index (χ1) is 13.7. The number of benzene rings is 1. The lowest BCUT2D eigenvalue weighted by Crippen LogP contribution is -2.45. The third-order valence-corrected chi connectivity index (χ3v) is 7.50. The van der Waals surface area contributed by atoms with E-state index in [0.29, 0.717) is 30.4 Å². The van der Waals surface area contributed by atoms with Crippen molar-refractivity contribution in [1.29, 1.82) is 0 Å². The van der Waals surface area contributed by atoms with E-state index in [0.717, 1.165) is 24.9 Å². The number of hydrogen-bond acceptors (Lipinski definition) is 8. The SMILES string of the molecule is Cc1nc(C(=O)Nc2ccc3c(c2)CS(=O)(=O)C(C)(C)CNCNCCC3)no1. The first kappa shape index (κ1) is 21.4. The molecule has 0 saturated carbocycles. The van der Waals surface area contributed by atoms with Gasteiger partial charge in [0.25, 0.3) is 11.7 Å². The number of carbonyl (C=O) groups excluding carboxylic acids is 1. The van der Waals surface area contributed by atoms with Gasteiger partial charge in [-0.25, -0.2) is 8.42 Å². The molecule has 9 nitrogen and oxygen atoms in total. The molecule has 1 aromatic carbocycles. The van der Waals surface area contributed by atoms with Gasteiger partial charge in [-0.15, -0.1) is 0 Å². The highest BCUT2D eigenvalue weighted by Crippen LogP contribution is 2.26. The van der Waals surface area contributed by atoms with Crippen molar-refractivity contribution >= 4 is 21.4 Å². The number of hydrogen-bond donors (Lipinski definition) is 3. The summed E-state index contributed by atoms with van der Waals surface area (Å²) in [7, 11) is -3.44. The molecule has 0 bridgehead atoms. The van der Waals surface area contributed by atoms with Crippen LogP contribution in [0.3, 0.4) is 0 Å². The van der Waals surface area contributed by atoms with Crippen molar-refractivity contribution in [3.63, 3.8) is 0 Å². The summed E-state index contributed by atoms with van der Waals surface area (Å²) in [6, 6.07) is 5.36. The molecule has 0 atom stereocenters. The lowest BCUT2D eigenvalue weighted by molar-refractivity contribution is 0.101. The molecule has 2 heterocycles. The highest BCUT2D eigenvalue weighted by Gasteiger charge is 2.34. The van der Waals surface area contributed by atoms with E-state index in [1.165, 1.54) is 0 Å². The van der Waals surface area contributed by atoms with Crippen LogP contribution in [0.2, 0.25) is 0 Å². The zero-order valence-corrected chi connectivity index (χ0v) is 17.7. The molecule has 10 heteroatoms. The molecule has 1 aliphatic heterocycles. The summed E-state index contributed by atoms with van der Waals surface area (Å²) >= 11 is 0. The molecule has 0 fully saturated rings. The van der Waals surface area contributed by atoms with E-state index in [1.54, 1.807) is 32.9 Å². The molecule has 3 rings (SSSR count). The van der Waals surface area contributed by atoms with Crippen molar-refractivity contribution in [1.82, 2.24) is 20.8 Å². The van der Waals surface area contributed by atoms with Crippen molar-refractivity contribution in [2.45, 2.75) is 44.1 Å². The first-order valence-electron chi connectivity index (χ1n) is 9.55. The van der Waals surface area contributed by atoms with Crippen LogP contribution in [0.4, 0.5) is 5.69 Å². The minimum atomic E-state index is -3.44. The number of nitrogens with one attached hydrogen (secondary N) is 3. The van der Waals surface area contributed by atoms with Crippen LogP contribution in [0.1, 0.15) is 47.9 Å². The largest absolute Gasteiger partial charge is 0.339 e. The van der Waals surface area contributed by atoms with Gasteiger partial charge in [-0.3, -0.25) is 4.79 Å².